The Morgan fingerprint density at radius 3 is 1.13 bits per heavy atom. The molecule has 12 aromatic carbocycles. The third kappa shape index (κ3) is 26.4. The highest BCUT2D eigenvalue weighted by molar-refractivity contribution is 6.30. The quantitative estimate of drug-likeness (QED) is 0.0176. The maximum atomic E-state index is 15.1. The first-order valence-electron chi connectivity index (χ1n) is 47.1. The zero-order valence-electron chi connectivity index (χ0n) is 80.4. The van der Waals surface area contributed by atoms with Gasteiger partial charge >= 0.3 is 29.8 Å². The lowest BCUT2D eigenvalue weighted by molar-refractivity contribution is -0.137. The Balaban J connectivity index is 0.000000133. The number of aliphatic carboxylic acids is 5. The van der Waals surface area contributed by atoms with Crippen LogP contribution in [0.4, 0.5) is 8.78 Å². The van der Waals surface area contributed by atoms with Crippen molar-refractivity contribution in [1.29, 1.82) is 0 Å². The number of furan rings is 5. The normalized spacial score (nSPS) is 11.0. The van der Waals surface area contributed by atoms with Crippen molar-refractivity contribution in [2.24, 2.45) is 28.7 Å². The number of hydrogen-bond donors (Lipinski definition) is 10. The molecule has 0 radical (unpaired) electrons. The van der Waals surface area contributed by atoms with E-state index in [1.165, 1.54) is 12.5 Å². The van der Waals surface area contributed by atoms with Crippen molar-refractivity contribution in [3.63, 3.8) is 0 Å². The maximum absolute atomic E-state index is 15.1. The lowest BCUT2D eigenvalue weighted by Crippen LogP contribution is -2.05. The Hall–Kier alpha value is -17.9. The molecule has 0 bridgehead atoms. The SMILES string of the molecule is Cc1cc2cc(COc3ccccc3CC(=O)O)cc(-c3ccnc(CN)c3)c2o1.NCc1cc(-c2cc(COc3ccccc3CC(=O)O)c(F)c3ccoc23)ccn1.NCc1cccc(-c2cc(COc3ccccc3CC(=O)O)cc3oc(Cl)cc23)c1.NCc1cccc(-c2cc(COc3ccccc3CC(=O)O)cc3occc23)c1.NCc1nccc(-c2cc(COc3ccccc3CC(=O)O)cc3occc23)c1F. The van der Waals surface area contributed by atoms with E-state index in [-0.39, 0.29) is 70.7 Å². The van der Waals surface area contributed by atoms with Gasteiger partial charge < -0.3 is 100.0 Å². The first kappa shape index (κ1) is 104. The minimum atomic E-state index is -0.965. The summed E-state index contributed by atoms with van der Waals surface area (Å²) in [5.74, 6) is -2.09. The van der Waals surface area contributed by atoms with Gasteiger partial charge in [-0.15, -0.1) is 0 Å². The van der Waals surface area contributed by atoms with Gasteiger partial charge in [-0.05, 0) is 243 Å². The van der Waals surface area contributed by atoms with Gasteiger partial charge in [0.05, 0.1) is 73.4 Å². The fourth-order valence-electron chi connectivity index (χ4n) is 17.2. The van der Waals surface area contributed by atoms with Gasteiger partial charge in [0.25, 0.3) is 0 Å². The smallest absolute Gasteiger partial charge is 0.307 e. The minimum absolute atomic E-state index is 0.00261. The molecule has 20 aromatic rings. The molecular formula is C118H101ClF2N8O20. The maximum Gasteiger partial charge on any atom is 0.307 e. The summed E-state index contributed by atoms with van der Waals surface area (Å²) in [6.07, 6.45) is 9.00. The lowest BCUT2D eigenvalue weighted by atomic mass is 9.98. The summed E-state index contributed by atoms with van der Waals surface area (Å²) in [6.45, 7) is 4.45. The summed E-state index contributed by atoms with van der Waals surface area (Å²) in [5, 5.41) is 49.8. The second-order valence-electron chi connectivity index (χ2n) is 34.5. The molecule has 0 saturated heterocycles. The molecule has 0 aliphatic rings. The van der Waals surface area contributed by atoms with Gasteiger partial charge in [0, 0.05) is 129 Å². The van der Waals surface area contributed by atoms with Crippen molar-refractivity contribution in [3.8, 4) is 84.4 Å². The number of nitrogens with zero attached hydrogens (tertiary/aromatic N) is 3. The fourth-order valence-corrected chi connectivity index (χ4v) is 17.3. The average Bonchev–Trinajstić information content (AvgIpc) is 1.66. The first-order chi connectivity index (χ1) is 72.3. The van der Waals surface area contributed by atoms with Crippen LogP contribution in [0.5, 0.6) is 28.7 Å². The fraction of sp³-hybridized carbons (Fsp3) is 0.136. The van der Waals surface area contributed by atoms with E-state index in [1.54, 1.807) is 152 Å². The van der Waals surface area contributed by atoms with E-state index in [2.05, 4.69) is 27.1 Å². The summed E-state index contributed by atoms with van der Waals surface area (Å²) in [7, 11) is 0. The Labute approximate surface area is 857 Å². The predicted molar refractivity (Wildman–Crippen MR) is 561 cm³/mol. The second kappa shape index (κ2) is 49.1. The molecule has 149 heavy (non-hydrogen) atoms. The molecule has 0 spiro atoms. The van der Waals surface area contributed by atoms with Gasteiger partial charge in [0.2, 0.25) is 0 Å². The highest BCUT2D eigenvalue weighted by Gasteiger charge is 2.24. The monoisotopic (exact) mass is 2020 g/mol. The van der Waals surface area contributed by atoms with Gasteiger partial charge in [-0.1, -0.05) is 127 Å². The standard InChI is InChI=1S/C24H20ClNO4.C24H22N2O4.C24H21NO4.2C23H19FN2O4/c25-23-12-20-19(17-6-3-4-15(8-17)13-26)9-16(10-22(20)30-23)14-29-21-7-2-1-5-18(21)11-24(27)28;1-15-8-19-9-16(14-29-22-5-3-2-4-18(22)12-23(27)28)10-21(24(19)30-15)17-6-7-26-20(11-17)13-25;25-14-16-4-3-6-18(10-16)21-11-17(12-23-20(21)8-9-28-23)15-29-22-7-2-1-5-19(22)13-24(26)27;24-23-17(5-7-26-19(23)12-25)18-9-14(10-21-16(18)6-8-29-21)13-30-20-4-2-1-3-15(20)11-22(27)28;24-22-16(13-30-20-4-2-1-3-15(20)11-21(27)28)10-19(23-18(22)6-8-29-23)14-5-7-26-17(9-14)12-25/h1-10,12H,11,13-14,26H2,(H,27,28);2-11H,12-14,25H2,1H3,(H,27,28);1-12H,13-15,25H2,(H,26,27);2*1-10H,11-13,25H2,(H,27,28). The highest BCUT2D eigenvalue weighted by Crippen LogP contribution is 2.42. The van der Waals surface area contributed by atoms with E-state index in [0.29, 0.717) is 145 Å². The molecule has 8 aromatic heterocycles. The van der Waals surface area contributed by atoms with Crippen LogP contribution < -0.4 is 52.4 Å². The number of carboxylic acids is 5. The van der Waals surface area contributed by atoms with Crippen LogP contribution >= 0.6 is 11.6 Å². The Kier molecular flexibility index (Phi) is 34.3. The van der Waals surface area contributed by atoms with Gasteiger partial charge in [-0.3, -0.25) is 38.9 Å². The van der Waals surface area contributed by atoms with Crippen molar-refractivity contribution in [2.45, 2.75) is 105 Å². The summed E-state index contributed by atoms with van der Waals surface area (Å²) in [4.78, 5) is 67.9. The van der Waals surface area contributed by atoms with E-state index < -0.39 is 41.5 Å². The Bertz CT molecular complexity index is 7980. The molecule has 0 atom stereocenters. The van der Waals surface area contributed by atoms with Gasteiger partial charge in [-0.25, -0.2) is 8.78 Å². The average molecular weight is 2020 g/mol. The number of para-hydroxylation sites is 5. The molecule has 0 aliphatic carbocycles. The van der Waals surface area contributed by atoms with E-state index in [0.717, 1.165) is 116 Å². The number of halogens is 3. The summed E-state index contributed by atoms with van der Waals surface area (Å²) < 4.78 is 87.9. The van der Waals surface area contributed by atoms with Gasteiger partial charge in [0.1, 0.15) is 101 Å². The highest BCUT2D eigenvalue weighted by atomic mass is 35.5. The largest absolute Gasteiger partial charge is 0.489 e. The van der Waals surface area contributed by atoms with Gasteiger partial charge in [-0.2, -0.15) is 0 Å². The van der Waals surface area contributed by atoms with Crippen molar-refractivity contribution in [1.82, 2.24) is 15.0 Å². The molecule has 0 aliphatic heterocycles. The van der Waals surface area contributed by atoms with Crippen LogP contribution in [0.25, 0.3) is 110 Å². The van der Waals surface area contributed by atoms with E-state index in [1.807, 2.05) is 153 Å². The molecule has 0 fully saturated rings. The molecule has 31 heteroatoms. The van der Waals surface area contributed by atoms with Crippen molar-refractivity contribution < 1.29 is 104 Å². The number of ether oxygens (including phenoxy) is 5. The Morgan fingerprint density at radius 2 is 0.691 bits per heavy atom. The number of benzene rings is 12. The zero-order chi connectivity index (χ0) is 105. The predicted octanol–water partition coefficient (Wildman–Crippen LogP) is 23.2. The summed E-state index contributed by atoms with van der Waals surface area (Å²) in [5.41, 5.74) is 51.1. The van der Waals surface area contributed by atoms with Crippen LogP contribution in [0.2, 0.25) is 5.22 Å². The van der Waals surface area contributed by atoms with Crippen LogP contribution in [0.3, 0.4) is 0 Å². The number of hydrogen-bond acceptors (Lipinski definition) is 23. The summed E-state index contributed by atoms with van der Waals surface area (Å²) in [6, 6.07) is 87.0. The third-order valence-electron chi connectivity index (χ3n) is 24.1. The van der Waals surface area contributed by atoms with Gasteiger partial charge in [0.15, 0.2) is 11.0 Å². The number of carbonyl (C=O) groups is 5. The molecular weight excluding hydrogens is 1920 g/mol. The molecule has 0 amide bonds. The lowest BCUT2D eigenvalue weighted by Gasteiger charge is -2.13. The van der Waals surface area contributed by atoms with E-state index in [4.69, 9.17) is 112 Å². The number of fused-ring (bicyclic) bond motifs is 5. The third-order valence-corrected chi connectivity index (χ3v) is 24.3. The van der Waals surface area contributed by atoms with Crippen molar-refractivity contribution in [3.05, 3.63) is 429 Å². The topological polar surface area (TPSA) is 467 Å². The molecule has 20 rings (SSSR count). The van der Waals surface area contributed by atoms with Crippen LogP contribution in [0.1, 0.15) is 89.6 Å². The van der Waals surface area contributed by atoms with E-state index in [9.17, 15) is 28.4 Å². The number of carboxylic acid groups (broad SMARTS) is 5. The number of nitrogens with two attached hydrogens (primary N) is 5. The first-order valence-corrected chi connectivity index (χ1v) is 47.5. The second-order valence-corrected chi connectivity index (χ2v) is 34.9. The van der Waals surface area contributed by atoms with Crippen LogP contribution in [-0.2, 0) is 122 Å². The molecule has 8 heterocycles. The molecule has 28 nitrogen and oxygen atoms in total. The van der Waals surface area contributed by atoms with Crippen LogP contribution in [0, 0.1) is 18.6 Å². The van der Waals surface area contributed by atoms with Crippen LogP contribution in [0.15, 0.2) is 345 Å². The number of rotatable bonds is 35. The van der Waals surface area contributed by atoms with Crippen LogP contribution in [-0.4, -0.2) is 70.3 Å². The summed E-state index contributed by atoms with van der Waals surface area (Å²) >= 11 is 6.12. The van der Waals surface area contributed by atoms with Crippen molar-refractivity contribution in [2.75, 3.05) is 0 Å². The van der Waals surface area contributed by atoms with Crippen molar-refractivity contribution >= 4 is 96.3 Å². The Morgan fingerprint density at radius 1 is 0.309 bits per heavy atom. The molecule has 754 valence electrons. The van der Waals surface area contributed by atoms with E-state index >= 15 is 4.39 Å². The number of aromatic nitrogens is 3. The number of pyridine rings is 3. The molecule has 15 N–H and O–H groups in total. The minimum Gasteiger partial charge on any atom is -0.489 e. The number of aryl methyl sites for hydroxylation is 1. The molecule has 0 unspecified atom stereocenters. The zero-order valence-corrected chi connectivity index (χ0v) is 81.2. The molecule has 0 saturated carbocycles.